The summed E-state index contributed by atoms with van der Waals surface area (Å²) in [6, 6.07) is 8.23. The lowest BCUT2D eigenvalue weighted by atomic mass is 10.3. The van der Waals surface area contributed by atoms with Crippen LogP contribution in [0, 0.1) is 0 Å². The summed E-state index contributed by atoms with van der Waals surface area (Å²) in [4.78, 5) is 1.26. The van der Waals surface area contributed by atoms with E-state index < -0.39 is 0 Å². The molecule has 76 valence electrons. The van der Waals surface area contributed by atoms with Gasteiger partial charge in [-0.25, -0.2) is 0 Å². The lowest BCUT2D eigenvalue weighted by Crippen LogP contribution is -2.34. The fourth-order valence-corrected chi connectivity index (χ4v) is 2.45. The summed E-state index contributed by atoms with van der Waals surface area (Å²) in [7, 11) is 0. The van der Waals surface area contributed by atoms with E-state index in [0.29, 0.717) is 6.10 Å². The number of hydrogen-bond acceptors (Lipinski definition) is 3. The summed E-state index contributed by atoms with van der Waals surface area (Å²) in [5.41, 5.74) is 0. The van der Waals surface area contributed by atoms with Gasteiger partial charge in [0, 0.05) is 17.2 Å². The number of hydrogen-bond donors (Lipinski definition) is 1. The third-order valence-corrected chi connectivity index (χ3v) is 3.38. The Hall–Kier alpha value is -0.670. The minimum Gasteiger partial charge on any atom is -0.487 e. The number of para-hydroxylation sites is 1. The molecule has 1 aromatic rings. The normalized spacial score (nSPS) is 19.9. The molecule has 0 saturated carbocycles. The molecule has 0 aliphatic carbocycles. The van der Waals surface area contributed by atoms with E-state index in [4.69, 9.17) is 4.74 Å². The highest BCUT2D eigenvalue weighted by Crippen LogP contribution is 2.34. The molecule has 1 aliphatic heterocycles. The molecule has 3 heteroatoms. The number of fused-ring (bicyclic) bond motifs is 1. The first-order valence-corrected chi connectivity index (χ1v) is 5.98. The molecular weight excluding hydrogens is 194 g/mol. The molecular formula is C11H15NOS. The van der Waals surface area contributed by atoms with E-state index in [9.17, 15) is 0 Å². The second-order valence-electron chi connectivity index (χ2n) is 3.31. The highest BCUT2D eigenvalue weighted by atomic mass is 32.2. The molecule has 0 aromatic heterocycles. The van der Waals surface area contributed by atoms with Crippen LogP contribution in [-0.4, -0.2) is 24.9 Å². The van der Waals surface area contributed by atoms with Gasteiger partial charge in [-0.1, -0.05) is 19.1 Å². The van der Waals surface area contributed by atoms with E-state index in [2.05, 4.69) is 24.4 Å². The van der Waals surface area contributed by atoms with Gasteiger partial charge in [-0.3, -0.25) is 0 Å². The van der Waals surface area contributed by atoms with Crippen molar-refractivity contribution in [1.82, 2.24) is 5.32 Å². The predicted octanol–water partition coefficient (Wildman–Crippen LogP) is 2.15. The molecule has 1 aliphatic rings. The van der Waals surface area contributed by atoms with E-state index in [1.807, 2.05) is 23.9 Å². The summed E-state index contributed by atoms with van der Waals surface area (Å²) in [5, 5.41) is 3.31. The van der Waals surface area contributed by atoms with Crippen LogP contribution in [0.25, 0.3) is 0 Å². The minimum atomic E-state index is 0.315. The van der Waals surface area contributed by atoms with Crippen LogP contribution < -0.4 is 10.1 Å². The quantitative estimate of drug-likeness (QED) is 0.824. The number of ether oxygens (including phenoxy) is 1. The van der Waals surface area contributed by atoms with Crippen LogP contribution in [0.15, 0.2) is 29.2 Å². The molecule has 1 atom stereocenters. The second kappa shape index (κ2) is 4.71. The summed E-state index contributed by atoms with van der Waals surface area (Å²) in [6.45, 7) is 4.06. The number of rotatable bonds is 3. The van der Waals surface area contributed by atoms with Crippen molar-refractivity contribution >= 4 is 11.8 Å². The van der Waals surface area contributed by atoms with E-state index >= 15 is 0 Å². The van der Waals surface area contributed by atoms with Crippen molar-refractivity contribution in [2.45, 2.75) is 17.9 Å². The highest BCUT2D eigenvalue weighted by Gasteiger charge is 2.18. The summed E-state index contributed by atoms with van der Waals surface area (Å²) < 4.78 is 5.85. The summed E-state index contributed by atoms with van der Waals surface area (Å²) in [5.74, 6) is 2.08. The maximum Gasteiger partial charge on any atom is 0.133 e. The first kappa shape index (κ1) is 9.87. The minimum absolute atomic E-state index is 0.315. The van der Waals surface area contributed by atoms with Gasteiger partial charge in [-0.2, -0.15) is 0 Å². The molecule has 1 heterocycles. The van der Waals surface area contributed by atoms with Crippen molar-refractivity contribution in [3.63, 3.8) is 0 Å². The topological polar surface area (TPSA) is 21.3 Å². The molecule has 0 fully saturated rings. The number of nitrogens with one attached hydrogen (secondary N) is 1. The van der Waals surface area contributed by atoms with Gasteiger partial charge < -0.3 is 10.1 Å². The van der Waals surface area contributed by atoms with Crippen molar-refractivity contribution < 1.29 is 4.74 Å². The number of thioether (sulfide) groups is 1. The Kier molecular flexibility index (Phi) is 3.32. The fraction of sp³-hybridized carbons (Fsp3) is 0.455. The fourth-order valence-electron chi connectivity index (χ4n) is 1.47. The highest BCUT2D eigenvalue weighted by molar-refractivity contribution is 7.99. The van der Waals surface area contributed by atoms with Crippen LogP contribution in [0.2, 0.25) is 0 Å². The predicted molar refractivity (Wildman–Crippen MR) is 60.1 cm³/mol. The van der Waals surface area contributed by atoms with Crippen molar-refractivity contribution in [1.29, 1.82) is 0 Å². The van der Waals surface area contributed by atoms with Gasteiger partial charge in [0.25, 0.3) is 0 Å². The Morgan fingerprint density at radius 2 is 2.36 bits per heavy atom. The van der Waals surface area contributed by atoms with Crippen molar-refractivity contribution in [3.8, 4) is 5.75 Å². The lowest BCUT2D eigenvalue weighted by Gasteiger charge is -2.25. The third-order valence-electron chi connectivity index (χ3n) is 2.19. The SMILES string of the molecule is CCNCC1CSc2ccccc2O1. The lowest BCUT2D eigenvalue weighted by molar-refractivity contribution is 0.212. The molecule has 1 N–H and O–H groups in total. The second-order valence-corrected chi connectivity index (χ2v) is 4.37. The van der Waals surface area contributed by atoms with Crippen LogP contribution in [0.1, 0.15) is 6.92 Å². The molecule has 2 nitrogen and oxygen atoms in total. The monoisotopic (exact) mass is 209 g/mol. The van der Waals surface area contributed by atoms with E-state index in [0.717, 1.165) is 24.6 Å². The molecule has 2 rings (SSSR count). The number of benzene rings is 1. The maximum atomic E-state index is 5.85. The standard InChI is InChI=1S/C11H15NOS/c1-2-12-7-9-8-14-11-6-4-3-5-10(11)13-9/h3-6,9,12H,2,7-8H2,1H3. The van der Waals surface area contributed by atoms with Gasteiger partial charge in [0.05, 0.1) is 0 Å². The average molecular weight is 209 g/mol. The maximum absolute atomic E-state index is 5.85. The molecule has 0 saturated heterocycles. The zero-order chi connectivity index (χ0) is 9.80. The van der Waals surface area contributed by atoms with E-state index in [-0.39, 0.29) is 0 Å². The largest absolute Gasteiger partial charge is 0.487 e. The zero-order valence-corrected chi connectivity index (χ0v) is 9.14. The Morgan fingerprint density at radius 3 is 3.21 bits per heavy atom. The molecule has 0 bridgehead atoms. The molecule has 14 heavy (non-hydrogen) atoms. The van der Waals surface area contributed by atoms with Gasteiger partial charge in [-0.05, 0) is 18.7 Å². The van der Waals surface area contributed by atoms with Crippen LogP contribution in [-0.2, 0) is 0 Å². The average Bonchev–Trinajstić information content (AvgIpc) is 2.26. The van der Waals surface area contributed by atoms with Crippen LogP contribution in [0.4, 0.5) is 0 Å². The first-order chi connectivity index (χ1) is 6.90. The van der Waals surface area contributed by atoms with E-state index in [1.165, 1.54) is 4.90 Å². The Morgan fingerprint density at radius 1 is 1.50 bits per heavy atom. The van der Waals surface area contributed by atoms with E-state index in [1.54, 1.807) is 0 Å². The van der Waals surface area contributed by atoms with Crippen molar-refractivity contribution in [3.05, 3.63) is 24.3 Å². The van der Waals surface area contributed by atoms with Crippen LogP contribution in [0.5, 0.6) is 5.75 Å². The molecule has 0 amide bonds. The van der Waals surface area contributed by atoms with Crippen LogP contribution >= 0.6 is 11.8 Å². The van der Waals surface area contributed by atoms with Crippen LogP contribution in [0.3, 0.4) is 0 Å². The van der Waals surface area contributed by atoms with Gasteiger partial charge in [0.2, 0.25) is 0 Å². The summed E-state index contributed by atoms with van der Waals surface area (Å²) in [6.07, 6.45) is 0.315. The Labute approximate surface area is 89.0 Å². The molecule has 0 spiro atoms. The van der Waals surface area contributed by atoms with Gasteiger partial charge >= 0.3 is 0 Å². The van der Waals surface area contributed by atoms with Gasteiger partial charge in [0.15, 0.2) is 0 Å². The smallest absolute Gasteiger partial charge is 0.133 e. The number of likely N-dealkylation sites (N-methyl/N-ethyl adjacent to an activating group) is 1. The van der Waals surface area contributed by atoms with Gasteiger partial charge in [0.1, 0.15) is 11.9 Å². The van der Waals surface area contributed by atoms with Crippen molar-refractivity contribution in [2.24, 2.45) is 0 Å². The van der Waals surface area contributed by atoms with Gasteiger partial charge in [-0.15, -0.1) is 11.8 Å². The zero-order valence-electron chi connectivity index (χ0n) is 8.32. The third kappa shape index (κ3) is 2.22. The molecule has 1 unspecified atom stereocenters. The first-order valence-electron chi connectivity index (χ1n) is 4.99. The Balaban J connectivity index is 1.99. The Bertz CT molecular complexity index is 303. The van der Waals surface area contributed by atoms with Crippen molar-refractivity contribution in [2.75, 3.05) is 18.8 Å². The molecule has 0 radical (unpaired) electrons. The summed E-state index contributed by atoms with van der Waals surface area (Å²) >= 11 is 1.88. The molecule has 1 aromatic carbocycles.